The van der Waals surface area contributed by atoms with Crippen LogP contribution < -0.4 is 10.1 Å². The summed E-state index contributed by atoms with van der Waals surface area (Å²) in [4.78, 5) is 26.7. The lowest BCUT2D eigenvalue weighted by Gasteiger charge is -2.29. The summed E-state index contributed by atoms with van der Waals surface area (Å²) < 4.78 is 20.6. The molecule has 5 nitrogen and oxygen atoms in total. The van der Waals surface area contributed by atoms with Crippen molar-refractivity contribution in [2.45, 2.75) is 39.3 Å². The van der Waals surface area contributed by atoms with E-state index in [0.29, 0.717) is 17.9 Å². The van der Waals surface area contributed by atoms with Crippen molar-refractivity contribution in [1.82, 2.24) is 10.2 Å². The molecule has 0 radical (unpaired) electrons. The predicted molar refractivity (Wildman–Crippen MR) is 114 cm³/mol. The molecule has 0 aliphatic rings. The molecule has 2 aromatic rings. The molecule has 2 amide bonds. The van der Waals surface area contributed by atoms with Gasteiger partial charge in [-0.05, 0) is 43.7 Å². The Bertz CT molecular complexity index is 814. The fourth-order valence-corrected chi connectivity index (χ4v) is 2.95. The highest BCUT2D eigenvalue weighted by molar-refractivity contribution is 9.10. The molecule has 0 saturated carbocycles. The zero-order valence-corrected chi connectivity index (χ0v) is 18.2. The van der Waals surface area contributed by atoms with Crippen LogP contribution in [0.5, 0.6) is 5.75 Å². The van der Waals surface area contributed by atoms with Gasteiger partial charge in [-0.15, -0.1) is 0 Å². The van der Waals surface area contributed by atoms with Crippen molar-refractivity contribution in [3.63, 3.8) is 0 Å². The number of carbonyl (C=O) groups is 2. The van der Waals surface area contributed by atoms with E-state index in [1.165, 1.54) is 11.0 Å². The van der Waals surface area contributed by atoms with Crippen LogP contribution >= 0.6 is 15.9 Å². The van der Waals surface area contributed by atoms with Crippen LogP contribution in [0.3, 0.4) is 0 Å². The van der Waals surface area contributed by atoms with E-state index in [4.69, 9.17) is 4.74 Å². The molecule has 29 heavy (non-hydrogen) atoms. The van der Waals surface area contributed by atoms with Gasteiger partial charge in [-0.1, -0.05) is 47.5 Å². The summed E-state index contributed by atoms with van der Waals surface area (Å²) in [5.74, 6) is -0.550. The van der Waals surface area contributed by atoms with E-state index in [1.807, 2.05) is 6.92 Å². The molecule has 2 rings (SSSR count). The van der Waals surface area contributed by atoms with Crippen LogP contribution in [0.1, 0.15) is 32.3 Å². The van der Waals surface area contributed by atoms with E-state index in [1.54, 1.807) is 49.4 Å². The molecular weight excluding hydrogens is 439 g/mol. The fourth-order valence-electron chi connectivity index (χ4n) is 2.69. The molecule has 2 aromatic carbocycles. The summed E-state index contributed by atoms with van der Waals surface area (Å²) in [6, 6.07) is 12.6. The molecule has 0 unspecified atom stereocenters. The second kappa shape index (κ2) is 11.6. The number of halogens is 2. The van der Waals surface area contributed by atoms with E-state index < -0.39 is 17.8 Å². The van der Waals surface area contributed by atoms with Gasteiger partial charge in [0, 0.05) is 23.1 Å². The van der Waals surface area contributed by atoms with Crippen LogP contribution in [0.2, 0.25) is 0 Å². The molecule has 0 spiro atoms. The first-order valence-electron chi connectivity index (χ1n) is 9.61. The SMILES string of the molecule is CCCCNC(=O)[C@H](C)N(Cc1ccccc1F)C(=O)COc1ccc(Br)cc1. The van der Waals surface area contributed by atoms with E-state index in [-0.39, 0.29) is 19.1 Å². The van der Waals surface area contributed by atoms with Gasteiger partial charge >= 0.3 is 0 Å². The Kier molecular flexibility index (Phi) is 9.12. The van der Waals surface area contributed by atoms with E-state index in [0.717, 1.165) is 17.3 Å². The highest BCUT2D eigenvalue weighted by atomic mass is 79.9. The number of nitrogens with zero attached hydrogens (tertiary/aromatic N) is 1. The lowest BCUT2D eigenvalue weighted by atomic mass is 10.1. The predicted octanol–water partition coefficient (Wildman–Crippen LogP) is 4.30. The smallest absolute Gasteiger partial charge is 0.261 e. The van der Waals surface area contributed by atoms with Gasteiger partial charge in [0.2, 0.25) is 5.91 Å². The first-order valence-corrected chi connectivity index (χ1v) is 10.4. The Labute approximate surface area is 179 Å². The van der Waals surface area contributed by atoms with Crippen molar-refractivity contribution in [1.29, 1.82) is 0 Å². The van der Waals surface area contributed by atoms with Gasteiger partial charge < -0.3 is 15.0 Å². The lowest BCUT2D eigenvalue weighted by Crippen LogP contribution is -2.49. The van der Waals surface area contributed by atoms with Crippen LogP contribution in [0.15, 0.2) is 53.0 Å². The highest BCUT2D eigenvalue weighted by Gasteiger charge is 2.27. The number of unbranched alkanes of at least 4 members (excludes halogenated alkanes) is 1. The maximum absolute atomic E-state index is 14.1. The number of hydrogen-bond acceptors (Lipinski definition) is 3. The van der Waals surface area contributed by atoms with Gasteiger partial charge in [0.05, 0.1) is 0 Å². The molecule has 156 valence electrons. The number of nitrogens with one attached hydrogen (secondary N) is 1. The average molecular weight is 465 g/mol. The maximum Gasteiger partial charge on any atom is 0.261 e. The minimum Gasteiger partial charge on any atom is -0.484 e. The first-order chi connectivity index (χ1) is 13.9. The first kappa shape index (κ1) is 22.9. The van der Waals surface area contributed by atoms with Crippen molar-refractivity contribution in [3.8, 4) is 5.75 Å². The van der Waals surface area contributed by atoms with Gasteiger partial charge in [-0.2, -0.15) is 0 Å². The lowest BCUT2D eigenvalue weighted by molar-refractivity contribution is -0.142. The van der Waals surface area contributed by atoms with Crippen LogP contribution in [0.25, 0.3) is 0 Å². The number of benzene rings is 2. The van der Waals surface area contributed by atoms with Crippen molar-refractivity contribution >= 4 is 27.7 Å². The topological polar surface area (TPSA) is 58.6 Å². The summed E-state index contributed by atoms with van der Waals surface area (Å²) in [7, 11) is 0. The second-order valence-corrected chi connectivity index (χ2v) is 7.59. The number of carbonyl (C=O) groups excluding carboxylic acids is 2. The van der Waals surface area contributed by atoms with Crippen LogP contribution in [0.4, 0.5) is 4.39 Å². The third-order valence-electron chi connectivity index (χ3n) is 4.47. The van der Waals surface area contributed by atoms with Crippen LogP contribution in [0, 0.1) is 5.82 Å². The molecule has 0 bridgehead atoms. The summed E-state index contributed by atoms with van der Waals surface area (Å²) in [5, 5.41) is 2.83. The third kappa shape index (κ3) is 7.16. The monoisotopic (exact) mass is 464 g/mol. The molecule has 1 N–H and O–H groups in total. The molecule has 0 heterocycles. The molecule has 7 heteroatoms. The van der Waals surface area contributed by atoms with Gasteiger partial charge in [0.25, 0.3) is 5.91 Å². The number of ether oxygens (including phenoxy) is 1. The second-order valence-electron chi connectivity index (χ2n) is 6.68. The Balaban J connectivity index is 2.11. The van der Waals surface area contributed by atoms with Gasteiger partial charge in [-0.25, -0.2) is 4.39 Å². The Morgan fingerprint density at radius 2 is 1.86 bits per heavy atom. The standard InChI is InChI=1S/C22H26BrFN2O3/c1-3-4-13-25-22(28)16(2)26(14-17-7-5-6-8-20(17)24)21(27)15-29-19-11-9-18(23)10-12-19/h5-12,16H,3-4,13-15H2,1-2H3,(H,25,28)/t16-/m0/s1. The summed E-state index contributed by atoms with van der Waals surface area (Å²) in [6.45, 7) is 3.94. The van der Waals surface area contributed by atoms with Gasteiger partial charge in [0.15, 0.2) is 6.61 Å². The van der Waals surface area contributed by atoms with Gasteiger partial charge in [-0.3, -0.25) is 9.59 Å². The van der Waals surface area contributed by atoms with Crippen LogP contribution in [-0.4, -0.2) is 35.9 Å². The zero-order chi connectivity index (χ0) is 21.2. The number of amides is 2. The fraction of sp³-hybridized carbons (Fsp3) is 0.364. The molecule has 0 aliphatic heterocycles. The number of hydrogen-bond donors (Lipinski definition) is 1. The molecule has 0 fully saturated rings. The van der Waals surface area contributed by atoms with Crippen molar-refractivity contribution in [3.05, 3.63) is 64.4 Å². The van der Waals surface area contributed by atoms with Crippen molar-refractivity contribution in [2.75, 3.05) is 13.2 Å². The van der Waals surface area contributed by atoms with E-state index >= 15 is 0 Å². The van der Waals surface area contributed by atoms with Crippen LogP contribution in [-0.2, 0) is 16.1 Å². The Morgan fingerprint density at radius 3 is 2.52 bits per heavy atom. The summed E-state index contributed by atoms with van der Waals surface area (Å²) in [6.07, 6.45) is 1.81. The zero-order valence-electron chi connectivity index (χ0n) is 16.7. The minimum absolute atomic E-state index is 0.0163. The molecule has 0 aromatic heterocycles. The molecule has 0 saturated heterocycles. The molecule has 0 aliphatic carbocycles. The summed E-state index contributed by atoms with van der Waals surface area (Å²) in [5.41, 5.74) is 0.345. The van der Waals surface area contributed by atoms with Gasteiger partial charge in [0.1, 0.15) is 17.6 Å². The normalized spacial score (nSPS) is 11.6. The average Bonchev–Trinajstić information content (AvgIpc) is 2.72. The largest absolute Gasteiger partial charge is 0.484 e. The van der Waals surface area contributed by atoms with E-state index in [2.05, 4.69) is 21.2 Å². The Hall–Kier alpha value is -2.41. The number of rotatable bonds is 10. The summed E-state index contributed by atoms with van der Waals surface area (Å²) >= 11 is 3.34. The molecule has 1 atom stereocenters. The Morgan fingerprint density at radius 1 is 1.17 bits per heavy atom. The van der Waals surface area contributed by atoms with Crippen molar-refractivity contribution < 1.29 is 18.7 Å². The quantitative estimate of drug-likeness (QED) is 0.533. The third-order valence-corrected chi connectivity index (χ3v) is 5.00. The maximum atomic E-state index is 14.1. The van der Waals surface area contributed by atoms with E-state index in [9.17, 15) is 14.0 Å². The minimum atomic E-state index is -0.757. The van der Waals surface area contributed by atoms with Crippen molar-refractivity contribution in [2.24, 2.45) is 0 Å². The highest BCUT2D eigenvalue weighted by Crippen LogP contribution is 2.17. The molecular formula is C22H26BrFN2O3.